The topological polar surface area (TPSA) is 49.3 Å². The summed E-state index contributed by atoms with van der Waals surface area (Å²) in [6, 6.07) is 9.54. The van der Waals surface area contributed by atoms with Crippen molar-refractivity contribution in [3.05, 3.63) is 48.2 Å². The first-order chi connectivity index (χ1) is 8.06. The van der Waals surface area contributed by atoms with Crippen LogP contribution < -0.4 is 5.32 Å². The molecular weight excluding hydrogens is 214 g/mol. The largest absolute Gasteiger partial charge is 0.481 e. The maximum Gasteiger partial charge on any atom is 0.312 e. The van der Waals surface area contributed by atoms with Crippen LogP contribution in [0.4, 0.5) is 0 Å². The molecule has 1 aromatic carbocycles. The van der Waals surface area contributed by atoms with E-state index in [2.05, 4.69) is 11.9 Å². The van der Waals surface area contributed by atoms with Crippen LogP contribution in [0.25, 0.3) is 0 Å². The fourth-order valence-electron chi connectivity index (χ4n) is 2.19. The molecule has 0 saturated heterocycles. The second-order valence-electron chi connectivity index (χ2n) is 4.73. The van der Waals surface area contributed by atoms with Crippen LogP contribution in [0.2, 0.25) is 0 Å². The minimum atomic E-state index is -0.722. The number of aliphatic carboxylic acids is 1. The van der Waals surface area contributed by atoms with Gasteiger partial charge < -0.3 is 10.4 Å². The molecule has 1 saturated carbocycles. The molecule has 1 unspecified atom stereocenters. The van der Waals surface area contributed by atoms with Gasteiger partial charge in [-0.15, -0.1) is 0 Å². The maximum atomic E-state index is 11.4. The highest BCUT2D eigenvalue weighted by molar-refractivity contribution is 5.79. The molecule has 0 amide bonds. The molecular formula is C14H17NO2. The van der Waals surface area contributed by atoms with Crippen LogP contribution in [-0.2, 0) is 4.79 Å². The molecule has 17 heavy (non-hydrogen) atoms. The van der Waals surface area contributed by atoms with Gasteiger partial charge in [0.15, 0.2) is 0 Å². The molecule has 90 valence electrons. The van der Waals surface area contributed by atoms with E-state index >= 15 is 0 Å². The molecule has 3 nitrogen and oxygen atoms in total. The molecule has 1 atom stereocenters. The molecule has 1 aliphatic rings. The van der Waals surface area contributed by atoms with Gasteiger partial charge in [-0.25, -0.2) is 0 Å². The molecule has 0 aliphatic heterocycles. The second kappa shape index (κ2) is 4.24. The zero-order chi connectivity index (χ0) is 12.5. The molecule has 0 aromatic heterocycles. The third-order valence-corrected chi connectivity index (χ3v) is 3.29. The molecule has 2 rings (SSSR count). The van der Waals surface area contributed by atoms with Crippen molar-refractivity contribution >= 4 is 5.97 Å². The highest BCUT2D eigenvalue weighted by Gasteiger charge is 2.56. The summed E-state index contributed by atoms with van der Waals surface area (Å²) >= 11 is 0. The van der Waals surface area contributed by atoms with Gasteiger partial charge in [0.05, 0.1) is 11.5 Å². The van der Waals surface area contributed by atoms with Gasteiger partial charge in [0.25, 0.3) is 0 Å². The number of nitrogens with one attached hydrogen (secondary N) is 1. The van der Waals surface area contributed by atoms with Gasteiger partial charge in [0, 0.05) is 5.70 Å². The number of carboxylic acids is 1. The van der Waals surface area contributed by atoms with Gasteiger partial charge in [-0.2, -0.15) is 0 Å². The number of hydrogen-bond donors (Lipinski definition) is 2. The molecule has 3 heteroatoms. The average molecular weight is 231 g/mol. The van der Waals surface area contributed by atoms with E-state index in [0.29, 0.717) is 0 Å². The van der Waals surface area contributed by atoms with Gasteiger partial charge in [-0.1, -0.05) is 36.9 Å². The summed E-state index contributed by atoms with van der Waals surface area (Å²) in [5, 5.41) is 12.6. The van der Waals surface area contributed by atoms with Crippen LogP contribution in [0, 0.1) is 5.41 Å². The van der Waals surface area contributed by atoms with E-state index in [0.717, 1.165) is 24.1 Å². The predicted molar refractivity (Wildman–Crippen MR) is 66.4 cm³/mol. The number of benzene rings is 1. The molecule has 2 N–H and O–H groups in total. The number of hydrogen-bond acceptors (Lipinski definition) is 2. The lowest BCUT2D eigenvalue weighted by Crippen LogP contribution is -2.33. The van der Waals surface area contributed by atoms with Crippen molar-refractivity contribution in [1.29, 1.82) is 0 Å². The lowest BCUT2D eigenvalue weighted by molar-refractivity contribution is -0.144. The standard InChI is InChI=1S/C14H17NO2/c1-10(2)15-12(11-6-4-3-5-7-11)14(8-9-14)13(16)17/h3-7,12,15H,1,8-9H2,2H3,(H,16,17). The van der Waals surface area contributed by atoms with E-state index < -0.39 is 11.4 Å². The zero-order valence-electron chi connectivity index (χ0n) is 9.94. The Morgan fingerprint density at radius 3 is 2.41 bits per heavy atom. The monoisotopic (exact) mass is 231 g/mol. The number of carbonyl (C=O) groups is 1. The number of allylic oxidation sites excluding steroid dienone is 1. The Labute approximate surface area is 101 Å². The summed E-state index contributed by atoms with van der Waals surface area (Å²) in [6.07, 6.45) is 1.45. The van der Waals surface area contributed by atoms with E-state index in [9.17, 15) is 9.90 Å². The van der Waals surface area contributed by atoms with Gasteiger partial charge in [-0.05, 0) is 25.3 Å². The molecule has 0 heterocycles. The van der Waals surface area contributed by atoms with Crippen molar-refractivity contribution in [2.75, 3.05) is 0 Å². The molecule has 1 fully saturated rings. The number of carboxylic acid groups (broad SMARTS) is 1. The maximum absolute atomic E-state index is 11.4. The average Bonchev–Trinajstić information content (AvgIpc) is 3.08. The minimum Gasteiger partial charge on any atom is -0.481 e. The van der Waals surface area contributed by atoms with Crippen LogP contribution in [-0.4, -0.2) is 11.1 Å². The Balaban J connectivity index is 2.33. The molecule has 0 radical (unpaired) electrons. The fourth-order valence-corrected chi connectivity index (χ4v) is 2.19. The van der Waals surface area contributed by atoms with E-state index in [1.54, 1.807) is 0 Å². The fraction of sp³-hybridized carbons (Fsp3) is 0.357. The Hall–Kier alpha value is -1.77. The molecule has 0 bridgehead atoms. The summed E-state index contributed by atoms with van der Waals surface area (Å²) in [6.45, 7) is 5.67. The van der Waals surface area contributed by atoms with Crippen molar-refractivity contribution in [2.45, 2.75) is 25.8 Å². The SMILES string of the molecule is C=C(C)NC(c1ccccc1)C1(C(=O)O)CC1. The highest BCUT2D eigenvalue weighted by atomic mass is 16.4. The van der Waals surface area contributed by atoms with Crippen molar-refractivity contribution in [3.63, 3.8) is 0 Å². The Kier molecular flexibility index (Phi) is 2.92. The van der Waals surface area contributed by atoms with Crippen molar-refractivity contribution in [2.24, 2.45) is 5.41 Å². The predicted octanol–water partition coefficient (Wildman–Crippen LogP) is 2.72. The van der Waals surface area contributed by atoms with E-state index in [1.165, 1.54) is 0 Å². The Bertz CT molecular complexity index is 435. The first-order valence-corrected chi connectivity index (χ1v) is 5.77. The summed E-state index contributed by atoms with van der Waals surface area (Å²) < 4.78 is 0. The minimum absolute atomic E-state index is 0.182. The summed E-state index contributed by atoms with van der Waals surface area (Å²) in [5.74, 6) is -0.722. The lowest BCUT2D eigenvalue weighted by atomic mass is 9.90. The normalized spacial score (nSPS) is 18.2. The van der Waals surface area contributed by atoms with Crippen LogP contribution >= 0.6 is 0 Å². The second-order valence-corrected chi connectivity index (χ2v) is 4.73. The third kappa shape index (κ3) is 2.18. The molecule has 1 aromatic rings. The van der Waals surface area contributed by atoms with Crippen molar-refractivity contribution < 1.29 is 9.90 Å². The smallest absolute Gasteiger partial charge is 0.312 e. The quantitative estimate of drug-likeness (QED) is 0.819. The van der Waals surface area contributed by atoms with Crippen LogP contribution in [0.5, 0.6) is 0 Å². The zero-order valence-corrected chi connectivity index (χ0v) is 9.94. The number of rotatable bonds is 5. The van der Waals surface area contributed by atoms with Crippen molar-refractivity contribution in [1.82, 2.24) is 5.32 Å². The van der Waals surface area contributed by atoms with Gasteiger partial charge in [0.2, 0.25) is 0 Å². The van der Waals surface area contributed by atoms with Crippen LogP contribution in [0.15, 0.2) is 42.6 Å². The Morgan fingerprint density at radius 1 is 1.41 bits per heavy atom. The molecule has 1 aliphatic carbocycles. The summed E-state index contributed by atoms with van der Waals surface area (Å²) in [5.41, 5.74) is 1.15. The first-order valence-electron chi connectivity index (χ1n) is 5.77. The van der Waals surface area contributed by atoms with Crippen LogP contribution in [0.1, 0.15) is 31.4 Å². The van der Waals surface area contributed by atoms with Gasteiger partial charge in [-0.3, -0.25) is 4.79 Å². The lowest BCUT2D eigenvalue weighted by Gasteiger charge is -2.26. The van der Waals surface area contributed by atoms with E-state index in [4.69, 9.17) is 0 Å². The van der Waals surface area contributed by atoms with Gasteiger partial charge in [0.1, 0.15) is 0 Å². The highest BCUT2D eigenvalue weighted by Crippen LogP contribution is 2.55. The van der Waals surface area contributed by atoms with Crippen molar-refractivity contribution in [3.8, 4) is 0 Å². The van der Waals surface area contributed by atoms with E-state index in [1.807, 2.05) is 37.3 Å². The first kappa shape index (κ1) is 11.7. The third-order valence-electron chi connectivity index (χ3n) is 3.29. The Morgan fingerprint density at radius 2 is 2.00 bits per heavy atom. The summed E-state index contributed by atoms with van der Waals surface area (Å²) in [7, 11) is 0. The summed E-state index contributed by atoms with van der Waals surface area (Å²) in [4.78, 5) is 11.4. The van der Waals surface area contributed by atoms with Crippen LogP contribution in [0.3, 0.4) is 0 Å². The van der Waals surface area contributed by atoms with Gasteiger partial charge >= 0.3 is 5.97 Å². The van der Waals surface area contributed by atoms with E-state index in [-0.39, 0.29) is 6.04 Å². The molecule has 0 spiro atoms.